The van der Waals surface area contributed by atoms with Crippen LogP contribution in [0.2, 0.25) is 0 Å². The van der Waals surface area contributed by atoms with Crippen molar-refractivity contribution in [1.29, 1.82) is 0 Å². The molecule has 15 heteroatoms. The van der Waals surface area contributed by atoms with Crippen molar-refractivity contribution in [2.75, 3.05) is 32.1 Å². The van der Waals surface area contributed by atoms with Crippen LogP contribution >= 0.6 is 0 Å². The van der Waals surface area contributed by atoms with E-state index in [1.165, 1.54) is 29.2 Å². The summed E-state index contributed by atoms with van der Waals surface area (Å²) in [6, 6.07) is 8.78. The summed E-state index contributed by atoms with van der Waals surface area (Å²) in [4.78, 5) is 56.4. The average molecular weight is 616 g/mol. The van der Waals surface area contributed by atoms with Crippen molar-refractivity contribution < 1.29 is 36.9 Å². The van der Waals surface area contributed by atoms with Crippen LogP contribution in [-0.2, 0) is 25.1 Å². The van der Waals surface area contributed by atoms with Crippen LogP contribution in [0.25, 0.3) is 11.1 Å². The third-order valence-electron chi connectivity index (χ3n) is 6.88. The molecule has 2 aromatic carbocycles. The molecule has 0 spiro atoms. The number of carbonyl (C=O) groups excluding carboxylic acids is 3. The zero-order valence-corrected chi connectivity index (χ0v) is 24.4. The lowest BCUT2D eigenvalue weighted by atomic mass is 10.0. The lowest BCUT2D eigenvalue weighted by Crippen LogP contribution is -2.57. The number of amides is 3. The number of Topliss-reactive ketones (excluding diaryl/α,β-unsaturated/α-hetero) is 1. The number of urea groups is 1. The molecule has 3 amide bonds. The fourth-order valence-corrected chi connectivity index (χ4v) is 6.20. The van der Waals surface area contributed by atoms with Crippen LogP contribution in [0.3, 0.4) is 0 Å². The van der Waals surface area contributed by atoms with E-state index in [9.17, 15) is 32.9 Å². The molecule has 0 unspecified atom stereocenters. The number of oxazole rings is 1. The van der Waals surface area contributed by atoms with Gasteiger partial charge >= 0.3 is 6.03 Å². The molecule has 1 fully saturated rings. The van der Waals surface area contributed by atoms with Crippen molar-refractivity contribution >= 4 is 44.3 Å². The molecule has 43 heavy (non-hydrogen) atoms. The third-order valence-corrected chi connectivity index (χ3v) is 8.47. The lowest BCUT2D eigenvalue weighted by molar-refractivity contribution is -0.385. The fraction of sp³-hybridized carbons (Fsp3) is 0.429. The largest absolute Gasteiger partial charge is 0.434 e. The lowest BCUT2D eigenvalue weighted by Gasteiger charge is -2.29. The number of nitrogens with zero attached hydrogens (tertiary/aromatic N) is 3. The number of nitro groups is 1. The van der Waals surface area contributed by atoms with E-state index < -0.39 is 56.1 Å². The molecule has 0 aliphatic carbocycles. The molecule has 2 atom stereocenters. The minimum absolute atomic E-state index is 0.0573. The first-order valence-electron chi connectivity index (χ1n) is 13.8. The van der Waals surface area contributed by atoms with Gasteiger partial charge in [0.2, 0.25) is 11.7 Å². The number of ketones is 1. The summed E-state index contributed by atoms with van der Waals surface area (Å²) in [5.74, 6) is -3.31. The Hall–Kier alpha value is -4.37. The Labute approximate surface area is 247 Å². The zero-order chi connectivity index (χ0) is 31.0. The molecule has 1 saturated heterocycles. The van der Waals surface area contributed by atoms with E-state index in [4.69, 9.17) is 9.15 Å². The predicted octanol–water partition coefficient (Wildman–Crippen LogP) is 2.62. The van der Waals surface area contributed by atoms with Gasteiger partial charge in [-0.15, -0.1) is 0 Å². The van der Waals surface area contributed by atoms with Gasteiger partial charge in [-0.1, -0.05) is 50.1 Å². The van der Waals surface area contributed by atoms with Crippen LogP contribution in [0.15, 0.2) is 52.9 Å². The van der Waals surface area contributed by atoms with E-state index in [0.29, 0.717) is 23.9 Å². The highest BCUT2D eigenvalue weighted by Crippen LogP contribution is 2.21. The molecule has 3 aromatic rings. The highest BCUT2D eigenvalue weighted by Gasteiger charge is 2.34. The molecular formula is C28H33N5O9S. The van der Waals surface area contributed by atoms with E-state index in [0.717, 1.165) is 0 Å². The van der Waals surface area contributed by atoms with E-state index in [-0.39, 0.29) is 49.9 Å². The van der Waals surface area contributed by atoms with Gasteiger partial charge < -0.3 is 24.7 Å². The smallest absolute Gasteiger partial charge is 0.318 e. The third kappa shape index (κ3) is 8.35. The van der Waals surface area contributed by atoms with Gasteiger partial charge in [-0.2, -0.15) is 0 Å². The van der Waals surface area contributed by atoms with Gasteiger partial charge in [0.05, 0.1) is 35.7 Å². The van der Waals surface area contributed by atoms with Crippen LogP contribution < -0.4 is 10.6 Å². The quantitative estimate of drug-likeness (QED) is 0.164. The number of hydrogen-bond donors (Lipinski definition) is 2. The Morgan fingerprint density at radius 3 is 2.44 bits per heavy atom. The molecule has 2 heterocycles. The minimum atomic E-state index is -4.19. The number of rotatable bonds is 13. The van der Waals surface area contributed by atoms with Gasteiger partial charge in [0, 0.05) is 24.7 Å². The summed E-state index contributed by atoms with van der Waals surface area (Å²) in [7, 11) is -4.19. The Kier molecular flexibility index (Phi) is 10.4. The number of sulfone groups is 1. The van der Waals surface area contributed by atoms with Crippen molar-refractivity contribution in [1.82, 2.24) is 20.5 Å². The number of nitrogens with one attached hydrogen (secondary N) is 2. The Morgan fingerprint density at radius 2 is 1.74 bits per heavy atom. The molecule has 1 aliphatic heterocycles. The van der Waals surface area contributed by atoms with E-state index >= 15 is 0 Å². The minimum Gasteiger partial charge on any atom is -0.434 e. The van der Waals surface area contributed by atoms with Crippen LogP contribution in [0.1, 0.15) is 42.4 Å². The van der Waals surface area contributed by atoms with Crippen molar-refractivity contribution in [2.24, 2.45) is 0 Å². The molecule has 2 N–H and O–H groups in total. The highest BCUT2D eigenvalue weighted by molar-refractivity contribution is 7.90. The second-order valence-electron chi connectivity index (χ2n) is 10.1. The van der Waals surface area contributed by atoms with Gasteiger partial charge in [-0.25, -0.2) is 18.2 Å². The van der Waals surface area contributed by atoms with E-state index in [1.54, 1.807) is 24.3 Å². The second kappa shape index (κ2) is 14.2. The first-order chi connectivity index (χ1) is 20.6. The molecule has 1 aromatic heterocycles. The normalized spacial score (nSPS) is 15.0. The van der Waals surface area contributed by atoms with Gasteiger partial charge in [-0.05, 0) is 18.6 Å². The molecular weight excluding hydrogens is 582 g/mol. The Bertz CT molecular complexity index is 1550. The van der Waals surface area contributed by atoms with Crippen molar-refractivity contribution in [3.8, 4) is 0 Å². The van der Waals surface area contributed by atoms with Crippen molar-refractivity contribution in [3.63, 3.8) is 0 Å². The number of carbonyl (C=O) groups is 3. The molecule has 0 radical (unpaired) electrons. The topological polar surface area (TPSA) is 191 Å². The molecule has 230 valence electrons. The first-order valence-corrected chi connectivity index (χ1v) is 15.7. The van der Waals surface area contributed by atoms with Gasteiger partial charge in [0.1, 0.15) is 11.6 Å². The standard InChI is InChI=1S/C28H33N5O9S/c1-2-3-9-21(25(34)27-30-20-10-5-7-12-24(20)42-27)29-26(35)22(31-28(36)32-13-15-41-16-14-32)18-43(39,40)17-19-8-4-6-11-23(19)33(37)38/h4-8,10-12,21-22H,2-3,9,13-18H2,1H3,(H,29,35)(H,31,36)/t21-,22-/m0/s1. The average Bonchev–Trinajstić information content (AvgIpc) is 3.43. The number of morpholine rings is 1. The molecule has 1 aliphatic rings. The summed E-state index contributed by atoms with van der Waals surface area (Å²) in [5.41, 5.74) is 0.414. The number of unbranched alkanes of at least 4 members (excludes halogenated alkanes) is 1. The van der Waals surface area contributed by atoms with E-state index in [2.05, 4.69) is 15.6 Å². The monoisotopic (exact) mass is 615 g/mol. The molecule has 14 nitrogen and oxygen atoms in total. The van der Waals surface area contributed by atoms with Gasteiger partial charge in [0.15, 0.2) is 15.4 Å². The number of para-hydroxylation sites is 3. The summed E-state index contributed by atoms with van der Waals surface area (Å²) >= 11 is 0. The number of nitro benzene ring substituents is 1. The maximum absolute atomic E-state index is 13.6. The first kappa shape index (κ1) is 31.6. The number of aromatic nitrogens is 1. The number of fused-ring (bicyclic) bond motifs is 1. The highest BCUT2D eigenvalue weighted by atomic mass is 32.2. The summed E-state index contributed by atoms with van der Waals surface area (Å²) in [5, 5.41) is 16.5. The number of hydrogen-bond acceptors (Lipinski definition) is 10. The van der Waals surface area contributed by atoms with Crippen molar-refractivity contribution in [2.45, 2.75) is 44.0 Å². The van der Waals surface area contributed by atoms with Crippen LogP contribution in [0, 0.1) is 10.1 Å². The van der Waals surface area contributed by atoms with Crippen LogP contribution in [0.4, 0.5) is 10.5 Å². The summed E-state index contributed by atoms with van der Waals surface area (Å²) in [6.07, 6.45) is 1.47. The number of benzene rings is 2. The predicted molar refractivity (Wildman–Crippen MR) is 155 cm³/mol. The van der Waals surface area contributed by atoms with Crippen molar-refractivity contribution in [3.05, 3.63) is 70.1 Å². The van der Waals surface area contributed by atoms with Crippen LogP contribution in [0.5, 0.6) is 0 Å². The maximum Gasteiger partial charge on any atom is 0.318 e. The molecule has 4 rings (SSSR count). The van der Waals surface area contributed by atoms with E-state index in [1.807, 2.05) is 6.92 Å². The van der Waals surface area contributed by atoms with Gasteiger partial charge in [0.25, 0.3) is 11.6 Å². The second-order valence-corrected chi connectivity index (χ2v) is 12.2. The molecule has 0 bridgehead atoms. The summed E-state index contributed by atoms with van der Waals surface area (Å²) < 4.78 is 37.4. The number of ether oxygens (including phenoxy) is 1. The van der Waals surface area contributed by atoms with Crippen LogP contribution in [-0.4, -0.2) is 85.1 Å². The Balaban J connectivity index is 1.58. The SMILES string of the molecule is CCCC[C@H](NC(=O)[C@H](CS(=O)(=O)Cc1ccccc1[N+](=O)[O-])NC(=O)N1CCOCC1)C(=O)c1nc2ccccc2o1. The van der Waals surface area contributed by atoms with Gasteiger partial charge in [-0.3, -0.25) is 19.7 Å². The fourth-order valence-electron chi connectivity index (χ4n) is 4.63. The maximum atomic E-state index is 13.6. The zero-order valence-electron chi connectivity index (χ0n) is 23.6. The Morgan fingerprint density at radius 1 is 1.05 bits per heavy atom. The molecule has 0 saturated carbocycles. The summed E-state index contributed by atoms with van der Waals surface area (Å²) in [6.45, 7) is 2.93.